The minimum Gasteiger partial charge on any atom is -0.507 e. The summed E-state index contributed by atoms with van der Waals surface area (Å²) in [6.45, 7) is 1.13. The van der Waals surface area contributed by atoms with E-state index in [0.717, 1.165) is 17.0 Å². The van der Waals surface area contributed by atoms with Gasteiger partial charge in [0.15, 0.2) is 0 Å². The minimum absolute atomic E-state index is 0.144. The highest BCUT2D eigenvalue weighted by atomic mass is 19.4. The summed E-state index contributed by atoms with van der Waals surface area (Å²) >= 11 is 0. The van der Waals surface area contributed by atoms with Gasteiger partial charge >= 0.3 is 6.36 Å². The molecule has 2 heterocycles. The van der Waals surface area contributed by atoms with E-state index in [9.17, 15) is 27.9 Å². The van der Waals surface area contributed by atoms with Crippen LogP contribution >= 0.6 is 0 Å². The zero-order valence-corrected chi connectivity index (χ0v) is 20.9. The molecule has 0 aliphatic carbocycles. The molecule has 2 aliphatic heterocycles. The quantitative estimate of drug-likeness (QED) is 0.275. The number of aliphatic hydroxyl groups excluding tert-OH is 1. The van der Waals surface area contributed by atoms with Crippen molar-refractivity contribution >= 4 is 28.8 Å². The molecule has 0 radical (unpaired) electrons. The molecule has 3 aromatic rings. The fraction of sp³-hybridized carbons (Fsp3) is 0.214. The summed E-state index contributed by atoms with van der Waals surface area (Å²) in [5.41, 5.74) is 1.47. The maximum atomic E-state index is 13.4. The van der Waals surface area contributed by atoms with Crippen LogP contribution in [0.1, 0.15) is 17.2 Å². The molecule has 1 amide bonds. The van der Waals surface area contributed by atoms with Gasteiger partial charge in [0.05, 0.1) is 31.0 Å². The molecule has 1 fully saturated rings. The van der Waals surface area contributed by atoms with Crippen molar-refractivity contribution in [3.8, 4) is 17.2 Å². The van der Waals surface area contributed by atoms with Crippen molar-refractivity contribution in [1.82, 2.24) is 0 Å². The number of fused-ring (bicyclic) bond motifs is 1. The summed E-state index contributed by atoms with van der Waals surface area (Å²) in [4.78, 5) is 29.8. The molecule has 39 heavy (non-hydrogen) atoms. The molecule has 0 spiro atoms. The SMILES string of the molecule is COc1ccc(C2/C(=C(/O)c3ccc4c(c3)N(C)CCO4)C(=O)C(=O)N2c2ccc(OC(F)(F)F)cc2)cc1. The third-order valence-electron chi connectivity index (χ3n) is 6.55. The summed E-state index contributed by atoms with van der Waals surface area (Å²) in [5, 5.41) is 11.4. The van der Waals surface area contributed by atoms with Crippen molar-refractivity contribution in [3.05, 3.63) is 83.4 Å². The number of hydrogen-bond acceptors (Lipinski definition) is 7. The lowest BCUT2D eigenvalue weighted by atomic mass is 9.94. The van der Waals surface area contributed by atoms with E-state index in [1.807, 2.05) is 11.9 Å². The highest BCUT2D eigenvalue weighted by Crippen LogP contribution is 2.44. The lowest BCUT2D eigenvalue weighted by Crippen LogP contribution is -2.29. The Kier molecular flexibility index (Phi) is 6.59. The molecule has 8 nitrogen and oxygen atoms in total. The van der Waals surface area contributed by atoms with E-state index >= 15 is 0 Å². The van der Waals surface area contributed by atoms with Crippen molar-refractivity contribution in [1.29, 1.82) is 0 Å². The van der Waals surface area contributed by atoms with Gasteiger partial charge in [-0.1, -0.05) is 12.1 Å². The van der Waals surface area contributed by atoms with E-state index in [4.69, 9.17) is 9.47 Å². The van der Waals surface area contributed by atoms with Gasteiger partial charge in [-0.05, 0) is 60.2 Å². The van der Waals surface area contributed by atoms with Crippen LogP contribution in [-0.2, 0) is 9.59 Å². The Morgan fingerprint density at radius 2 is 1.67 bits per heavy atom. The molecule has 0 bridgehead atoms. The Hall–Kier alpha value is -4.67. The Morgan fingerprint density at radius 3 is 2.31 bits per heavy atom. The average molecular weight is 540 g/mol. The predicted octanol–water partition coefficient (Wildman–Crippen LogP) is 5.05. The van der Waals surface area contributed by atoms with Gasteiger partial charge in [0, 0.05) is 18.3 Å². The van der Waals surface area contributed by atoms with Gasteiger partial charge < -0.3 is 24.2 Å². The Bertz CT molecular complexity index is 1450. The number of aliphatic hydroxyl groups is 1. The maximum absolute atomic E-state index is 13.4. The first kappa shape index (κ1) is 26.0. The molecule has 11 heteroatoms. The van der Waals surface area contributed by atoms with Gasteiger partial charge in [-0.3, -0.25) is 14.5 Å². The van der Waals surface area contributed by atoms with Gasteiger partial charge in [-0.2, -0.15) is 0 Å². The second kappa shape index (κ2) is 9.90. The second-order valence-corrected chi connectivity index (χ2v) is 8.94. The fourth-order valence-corrected chi connectivity index (χ4v) is 4.66. The van der Waals surface area contributed by atoms with Gasteiger partial charge in [-0.25, -0.2) is 0 Å². The second-order valence-electron chi connectivity index (χ2n) is 8.94. The van der Waals surface area contributed by atoms with E-state index < -0.39 is 35.6 Å². The van der Waals surface area contributed by atoms with Gasteiger partial charge in [0.1, 0.15) is 29.6 Å². The van der Waals surface area contributed by atoms with Crippen molar-refractivity contribution in [2.75, 3.05) is 37.1 Å². The van der Waals surface area contributed by atoms with Crippen molar-refractivity contribution in [2.45, 2.75) is 12.4 Å². The van der Waals surface area contributed by atoms with Crippen LogP contribution in [0.15, 0.2) is 72.3 Å². The third kappa shape index (κ3) is 4.95. The minimum atomic E-state index is -4.89. The number of methoxy groups -OCH3 is 1. The summed E-state index contributed by atoms with van der Waals surface area (Å²) in [6, 6.07) is 15.0. The number of Topliss-reactive ketones (excluding diaryl/α,β-unsaturated/α-hetero) is 1. The molecule has 2 aliphatic rings. The lowest BCUT2D eigenvalue weighted by molar-refractivity contribution is -0.274. The van der Waals surface area contributed by atoms with E-state index in [1.54, 1.807) is 42.5 Å². The molecule has 1 N–H and O–H groups in total. The first-order valence-corrected chi connectivity index (χ1v) is 11.9. The summed E-state index contributed by atoms with van der Waals surface area (Å²) in [5.74, 6) is -1.61. The molecule has 202 valence electrons. The van der Waals surface area contributed by atoms with Gasteiger partial charge in [-0.15, -0.1) is 13.2 Å². The number of likely N-dealkylation sites (N-methyl/N-ethyl adjacent to an activating group) is 1. The number of nitrogens with zero attached hydrogens (tertiary/aromatic N) is 2. The first-order chi connectivity index (χ1) is 18.6. The van der Waals surface area contributed by atoms with E-state index in [-0.39, 0.29) is 11.3 Å². The number of hydrogen-bond donors (Lipinski definition) is 1. The molecular weight excluding hydrogens is 517 g/mol. The third-order valence-corrected chi connectivity index (χ3v) is 6.55. The van der Waals surface area contributed by atoms with Gasteiger partial charge in [0.2, 0.25) is 0 Å². The topological polar surface area (TPSA) is 88.5 Å². The van der Waals surface area contributed by atoms with E-state index in [2.05, 4.69) is 4.74 Å². The van der Waals surface area contributed by atoms with Crippen molar-refractivity contribution < 1.29 is 42.1 Å². The monoisotopic (exact) mass is 540 g/mol. The fourth-order valence-electron chi connectivity index (χ4n) is 4.66. The lowest BCUT2D eigenvalue weighted by Gasteiger charge is -2.28. The first-order valence-electron chi connectivity index (χ1n) is 11.9. The Morgan fingerprint density at radius 1 is 1.00 bits per heavy atom. The van der Waals surface area contributed by atoms with Crippen LogP contribution in [0.25, 0.3) is 5.76 Å². The number of ketones is 1. The standard InChI is InChI=1S/C28H23F3N2O6/c1-32-13-14-38-22-12-5-17(15-21(22)32)25(34)23-24(16-3-8-19(37-2)9-4-16)33(27(36)26(23)35)18-6-10-20(11-7-18)39-28(29,30)31/h3-12,15,24,34H,13-14H2,1-2H3/b25-23-. The summed E-state index contributed by atoms with van der Waals surface area (Å²) in [6.07, 6.45) is -4.89. The average Bonchev–Trinajstić information content (AvgIpc) is 3.18. The van der Waals surface area contributed by atoms with Gasteiger partial charge in [0.25, 0.3) is 11.7 Å². The van der Waals surface area contributed by atoms with Crippen molar-refractivity contribution in [2.24, 2.45) is 0 Å². The van der Waals surface area contributed by atoms with E-state index in [1.165, 1.54) is 19.2 Å². The van der Waals surface area contributed by atoms with E-state index in [0.29, 0.717) is 41.5 Å². The van der Waals surface area contributed by atoms with Crippen LogP contribution in [-0.4, -0.2) is 50.5 Å². The molecule has 1 unspecified atom stereocenters. The van der Waals surface area contributed by atoms with Crippen LogP contribution in [0.2, 0.25) is 0 Å². The summed E-state index contributed by atoms with van der Waals surface area (Å²) < 4.78 is 52.7. The number of ether oxygens (including phenoxy) is 3. The molecule has 0 aromatic heterocycles. The molecule has 1 saturated heterocycles. The number of anilines is 2. The maximum Gasteiger partial charge on any atom is 0.573 e. The molecule has 0 saturated carbocycles. The summed E-state index contributed by atoms with van der Waals surface area (Å²) in [7, 11) is 3.36. The number of halogens is 3. The predicted molar refractivity (Wildman–Crippen MR) is 136 cm³/mol. The van der Waals surface area contributed by atoms with Crippen LogP contribution in [0.4, 0.5) is 24.5 Å². The van der Waals surface area contributed by atoms with Crippen molar-refractivity contribution in [3.63, 3.8) is 0 Å². The Labute approximate surface area is 221 Å². The number of rotatable bonds is 5. The smallest absolute Gasteiger partial charge is 0.507 e. The highest BCUT2D eigenvalue weighted by molar-refractivity contribution is 6.51. The number of benzene rings is 3. The molecule has 5 rings (SSSR count). The van der Waals surface area contributed by atoms with Crippen LogP contribution in [0.3, 0.4) is 0 Å². The number of carbonyl (C=O) groups excluding carboxylic acids is 2. The molecule has 1 atom stereocenters. The van der Waals surface area contributed by atoms with Crippen LogP contribution < -0.4 is 24.0 Å². The zero-order chi connectivity index (χ0) is 27.9. The number of alkyl halides is 3. The normalized spacial score (nSPS) is 18.5. The van der Waals surface area contributed by atoms with Crippen LogP contribution in [0, 0.1) is 0 Å². The number of carbonyl (C=O) groups is 2. The Balaban J connectivity index is 1.63. The zero-order valence-electron chi connectivity index (χ0n) is 20.9. The molecular formula is C28H23F3N2O6. The highest BCUT2D eigenvalue weighted by Gasteiger charge is 2.47. The number of amides is 1. The molecule has 3 aromatic carbocycles. The van der Waals surface area contributed by atoms with Crippen LogP contribution in [0.5, 0.6) is 17.2 Å². The largest absolute Gasteiger partial charge is 0.573 e.